The highest BCUT2D eigenvalue weighted by molar-refractivity contribution is 5.78. The number of rotatable bonds is 3. The Labute approximate surface area is 91.9 Å². The third kappa shape index (κ3) is 3.54. The van der Waals surface area contributed by atoms with E-state index in [0.717, 1.165) is 6.42 Å². The van der Waals surface area contributed by atoms with Crippen molar-refractivity contribution in [2.75, 3.05) is 0 Å². The lowest BCUT2D eigenvalue weighted by Gasteiger charge is -2.34. The quantitative estimate of drug-likeness (QED) is 0.773. The first kappa shape index (κ1) is 12.0. The van der Waals surface area contributed by atoms with Gasteiger partial charge in [0, 0.05) is 6.04 Å². The van der Waals surface area contributed by atoms with Gasteiger partial charge in [-0.2, -0.15) is 5.26 Å². The molecule has 2 atom stereocenters. The van der Waals surface area contributed by atoms with Crippen molar-refractivity contribution in [1.29, 1.82) is 5.26 Å². The van der Waals surface area contributed by atoms with Crippen molar-refractivity contribution in [2.45, 2.75) is 52.0 Å². The minimum absolute atomic E-state index is 0.0126. The standard InChI is InChI=1S/C12H20N2O/c1-9(2)10-5-3-4-6-11(10)14-12(15)7-8-13/h9-11H,3-7H2,1-2H3,(H,14,15)/t10-,11+/m0/s1. The minimum atomic E-state index is -0.116. The van der Waals surface area contributed by atoms with Crippen LogP contribution in [0.2, 0.25) is 0 Å². The summed E-state index contributed by atoms with van der Waals surface area (Å²) >= 11 is 0. The van der Waals surface area contributed by atoms with Gasteiger partial charge in [-0.05, 0) is 24.7 Å². The molecule has 1 aliphatic carbocycles. The van der Waals surface area contributed by atoms with Crippen LogP contribution in [0, 0.1) is 23.2 Å². The average molecular weight is 208 g/mol. The maximum Gasteiger partial charge on any atom is 0.234 e. The summed E-state index contributed by atoms with van der Waals surface area (Å²) in [5.74, 6) is 1.08. The molecule has 0 aromatic heterocycles. The van der Waals surface area contributed by atoms with Crippen LogP contribution in [0.4, 0.5) is 0 Å². The molecule has 1 amide bonds. The molecule has 0 spiro atoms. The van der Waals surface area contributed by atoms with Crippen molar-refractivity contribution in [3.63, 3.8) is 0 Å². The highest BCUT2D eigenvalue weighted by Crippen LogP contribution is 2.30. The van der Waals surface area contributed by atoms with Crippen LogP contribution in [0.1, 0.15) is 46.0 Å². The zero-order valence-corrected chi connectivity index (χ0v) is 9.62. The first-order chi connectivity index (χ1) is 7.15. The van der Waals surface area contributed by atoms with Crippen LogP contribution in [0.5, 0.6) is 0 Å². The van der Waals surface area contributed by atoms with Crippen molar-refractivity contribution >= 4 is 5.91 Å². The van der Waals surface area contributed by atoms with Crippen LogP contribution >= 0.6 is 0 Å². The Morgan fingerprint density at radius 1 is 1.47 bits per heavy atom. The van der Waals surface area contributed by atoms with Crippen LogP contribution in [0.25, 0.3) is 0 Å². The van der Waals surface area contributed by atoms with Crippen molar-refractivity contribution in [3.8, 4) is 6.07 Å². The number of nitrogens with one attached hydrogen (secondary N) is 1. The van der Waals surface area contributed by atoms with Gasteiger partial charge in [-0.25, -0.2) is 0 Å². The second kappa shape index (κ2) is 5.75. The van der Waals surface area contributed by atoms with Gasteiger partial charge in [0.1, 0.15) is 6.42 Å². The van der Waals surface area contributed by atoms with Gasteiger partial charge >= 0.3 is 0 Å². The van der Waals surface area contributed by atoms with E-state index in [2.05, 4.69) is 19.2 Å². The molecule has 1 rings (SSSR count). The summed E-state index contributed by atoms with van der Waals surface area (Å²) in [6.07, 6.45) is 4.73. The van der Waals surface area contributed by atoms with Crippen molar-refractivity contribution < 1.29 is 4.79 Å². The molecule has 0 radical (unpaired) electrons. The summed E-state index contributed by atoms with van der Waals surface area (Å²) in [5, 5.41) is 11.4. The number of carbonyl (C=O) groups excluding carboxylic acids is 1. The Morgan fingerprint density at radius 2 is 2.13 bits per heavy atom. The lowest BCUT2D eigenvalue weighted by Crippen LogP contribution is -2.43. The third-order valence-electron chi connectivity index (χ3n) is 3.26. The molecule has 0 bridgehead atoms. The second-order valence-corrected chi connectivity index (χ2v) is 4.70. The summed E-state index contributed by atoms with van der Waals surface area (Å²) < 4.78 is 0. The van der Waals surface area contributed by atoms with Crippen molar-refractivity contribution in [2.24, 2.45) is 11.8 Å². The number of hydrogen-bond acceptors (Lipinski definition) is 2. The molecule has 15 heavy (non-hydrogen) atoms. The van der Waals surface area contributed by atoms with E-state index in [1.165, 1.54) is 19.3 Å². The molecule has 0 aromatic carbocycles. The molecule has 84 valence electrons. The van der Waals surface area contributed by atoms with Gasteiger partial charge in [-0.15, -0.1) is 0 Å². The normalized spacial score (nSPS) is 26.0. The summed E-state index contributed by atoms with van der Waals surface area (Å²) in [6.45, 7) is 4.42. The SMILES string of the molecule is CC(C)[C@@H]1CCCC[C@H]1NC(=O)CC#N. The van der Waals surface area contributed by atoms with Gasteiger partial charge in [-0.1, -0.05) is 26.7 Å². The van der Waals surface area contributed by atoms with E-state index in [1.807, 2.05) is 6.07 Å². The Bertz CT molecular complexity index is 255. The van der Waals surface area contributed by atoms with Crippen LogP contribution in [-0.2, 0) is 4.79 Å². The second-order valence-electron chi connectivity index (χ2n) is 4.70. The molecule has 3 heteroatoms. The first-order valence-electron chi connectivity index (χ1n) is 5.81. The lowest BCUT2D eigenvalue weighted by atomic mass is 9.78. The third-order valence-corrected chi connectivity index (χ3v) is 3.26. The topological polar surface area (TPSA) is 52.9 Å². The van der Waals surface area contributed by atoms with E-state index < -0.39 is 0 Å². The predicted octanol–water partition coefficient (Wildman–Crippen LogP) is 2.23. The van der Waals surface area contributed by atoms with Gasteiger partial charge in [0.05, 0.1) is 6.07 Å². The molecule has 1 saturated carbocycles. The van der Waals surface area contributed by atoms with E-state index in [1.54, 1.807) is 0 Å². The van der Waals surface area contributed by atoms with E-state index in [0.29, 0.717) is 17.9 Å². The highest BCUT2D eigenvalue weighted by Gasteiger charge is 2.28. The molecular formula is C12H20N2O. The molecule has 3 nitrogen and oxygen atoms in total. The maximum absolute atomic E-state index is 11.3. The molecule has 0 aromatic rings. The molecule has 1 aliphatic rings. The fourth-order valence-electron chi connectivity index (χ4n) is 2.47. The van der Waals surface area contributed by atoms with Crippen molar-refractivity contribution in [3.05, 3.63) is 0 Å². The fourth-order valence-corrected chi connectivity index (χ4v) is 2.47. The van der Waals surface area contributed by atoms with Crippen molar-refractivity contribution in [1.82, 2.24) is 5.32 Å². The number of carbonyl (C=O) groups is 1. The number of nitriles is 1. The molecular weight excluding hydrogens is 188 g/mol. The zero-order chi connectivity index (χ0) is 11.3. The number of hydrogen-bond donors (Lipinski definition) is 1. The van der Waals surface area contributed by atoms with E-state index in [4.69, 9.17) is 5.26 Å². The Morgan fingerprint density at radius 3 is 2.73 bits per heavy atom. The average Bonchev–Trinajstić information content (AvgIpc) is 2.18. The number of amides is 1. The highest BCUT2D eigenvalue weighted by atomic mass is 16.1. The van der Waals surface area contributed by atoms with Gasteiger partial charge in [-0.3, -0.25) is 4.79 Å². The van der Waals surface area contributed by atoms with Crippen LogP contribution in [0.3, 0.4) is 0 Å². The summed E-state index contributed by atoms with van der Waals surface area (Å²) in [7, 11) is 0. The maximum atomic E-state index is 11.3. The van der Waals surface area contributed by atoms with Crippen LogP contribution in [0.15, 0.2) is 0 Å². The van der Waals surface area contributed by atoms with E-state index >= 15 is 0 Å². The monoisotopic (exact) mass is 208 g/mol. The minimum Gasteiger partial charge on any atom is -0.352 e. The van der Waals surface area contributed by atoms with Crippen LogP contribution in [-0.4, -0.2) is 11.9 Å². The van der Waals surface area contributed by atoms with Crippen LogP contribution < -0.4 is 5.32 Å². The largest absolute Gasteiger partial charge is 0.352 e. The first-order valence-corrected chi connectivity index (χ1v) is 5.81. The number of nitrogens with zero attached hydrogens (tertiary/aromatic N) is 1. The van der Waals surface area contributed by atoms with Gasteiger partial charge < -0.3 is 5.32 Å². The zero-order valence-electron chi connectivity index (χ0n) is 9.62. The van der Waals surface area contributed by atoms with E-state index in [-0.39, 0.29) is 12.3 Å². The smallest absolute Gasteiger partial charge is 0.234 e. The molecule has 1 fully saturated rings. The van der Waals surface area contributed by atoms with Gasteiger partial charge in [0.15, 0.2) is 0 Å². The Balaban J connectivity index is 2.50. The Hall–Kier alpha value is -1.04. The van der Waals surface area contributed by atoms with Gasteiger partial charge in [0.25, 0.3) is 0 Å². The molecule has 0 heterocycles. The van der Waals surface area contributed by atoms with E-state index in [9.17, 15) is 4.79 Å². The summed E-state index contributed by atoms with van der Waals surface area (Å²) in [5.41, 5.74) is 0. The van der Waals surface area contributed by atoms with Gasteiger partial charge in [0.2, 0.25) is 5.91 Å². The summed E-state index contributed by atoms with van der Waals surface area (Å²) in [6, 6.07) is 2.18. The molecule has 0 unspecified atom stereocenters. The molecule has 1 N–H and O–H groups in total. The fraction of sp³-hybridized carbons (Fsp3) is 0.833. The predicted molar refractivity (Wildman–Crippen MR) is 59.0 cm³/mol. The molecule has 0 aliphatic heterocycles. The lowest BCUT2D eigenvalue weighted by molar-refractivity contribution is -0.121. The Kier molecular flexibility index (Phi) is 4.61. The molecule has 0 saturated heterocycles. The summed E-state index contributed by atoms with van der Waals surface area (Å²) in [4.78, 5) is 11.3.